The number of aliphatic hydroxyl groups excluding tert-OH is 1. The van der Waals surface area contributed by atoms with E-state index < -0.39 is 0 Å². The van der Waals surface area contributed by atoms with Crippen molar-refractivity contribution in [1.29, 1.82) is 0 Å². The molecule has 1 atom stereocenters. The van der Waals surface area contributed by atoms with Gasteiger partial charge in [0.05, 0.1) is 25.2 Å². The normalized spacial score (nSPS) is 17.4. The van der Waals surface area contributed by atoms with E-state index in [4.69, 9.17) is 19.3 Å². The summed E-state index contributed by atoms with van der Waals surface area (Å²) in [5, 5.41) is 9.07. The van der Waals surface area contributed by atoms with E-state index in [9.17, 15) is 4.79 Å². The lowest BCUT2D eigenvalue weighted by atomic mass is 10.1. The Morgan fingerprint density at radius 2 is 2.27 bits per heavy atom. The molecule has 1 heterocycles. The van der Waals surface area contributed by atoms with Gasteiger partial charge in [0, 0.05) is 12.2 Å². The van der Waals surface area contributed by atoms with Gasteiger partial charge in [-0.2, -0.15) is 0 Å². The fourth-order valence-corrected chi connectivity index (χ4v) is 3.13. The summed E-state index contributed by atoms with van der Waals surface area (Å²) in [6.07, 6.45) is 1.80. The highest BCUT2D eigenvalue weighted by atomic mass is 32.2. The Balaban J connectivity index is 2.33. The summed E-state index contributed by atoms with van der Waals surface area (Å²) in [5.41, 5.74) is 0.909. The first kappa shape index (κ1) is 17.0. The molecule has 1 aliphatic rings. The average Bonchev–Trinajstić information content (AvgIpc) is 2.97. The molecule has 0 spiro atoms. The van der Waals surface area contributed by atoms with Crippen LogP contribution in [0.15, 0.2) is 17.0 Å². The summed E-state index contributed by atoms with van der Waals surface area (Å²) in [4.78, 5) is 12.2. The van der Waals surface area contributed by atoms with Gasteiger partial charge in [0.25, 0.3) is 0 Å². The maximum Gasteiger partial charge on any atom is 0.306 e. The Morgan fingerprint density at radius 1 is 1.45 bits per heavy atom. The second kappa shape index (κ2) is 8.29. The highest BCUT2D eigenvalue weighted by Gasteiger charge is 2.27. The maximum absolute atomic E-state index is 11.3. The fraction of sp³-hybridized carbons (Fsp3) is 0.562. The Labute approximate surface area is 134 Å². The third-order valence-corrected chi connectivity index (χ3v) is 4.32. The van der Waals surface area contributed by atoms with Crippen molar-refractivity contribution in [2.45, 2.75) is 37.2 Å². The van der Waals surface area contributed by atoms with Crippen LogP contribution in [0, 0.1) is 0 Å². The SMILES string of the molecule is CCCOc1c(OC)cc([C@@H]2CCC(=O)O2)cc1SCCO. The first-order valence-electron chi connectivity index (χ1n) is 7.47. The highest BCUT2D eigenvalue weighted by Crippen LogP contribution is 2.42. The zero-order chi connectivity index (χ0) is 15.9. The van der Waals surface area contributed by atoms with Crippen LogP contribution in [-0.4, -0.2) is 37.2 Å². The number of rotatable bonds is 8. The molecule has 1 aromatic carbocycles. The van der Waals surface area contributed by atoms with Gasteiger partial charge in [-0.15, -0.1) is 11.8 Å². The Morgan fingerprint density at radius 3 is 2.86 bits per heavy atom. The molecule has 0 amide bonds. The van der Waals surface area contributed by atoms with Crippen LogP contribution in [0.5, 0.6) is 11.5 Å². The van der Waals surface area contributed by atoms with Gasteiger partial charge in [0.1, 0.15) is 6.10 Å². The summed E-state index contributed by atoms with van der Waals surface area (Å²) in [5.74, 6) is 1.73. The van der Waals surface area contributed by atoms with Crippen LogP contribution in [0.25, 0.3) is 0 Å². The lowest BCUT2D eigenvalue weighted by Crippen LogP contribution is -2.04. The van der Waals surface area contributed by atoms with Crippen molar-refractivity contribution in [3.8, 4) is 11.5 Å². The Kier molecular flexibility index (Phi) is 6.39. The lowest BCUT2D eigenvalue weighted by molar-refractivity contribution is -0.141. The maximum atomic E-state index is 11.3. The summed E-state index contributed by atoms with van der Waals surface area (Å²) >= 11 is 1.51. The van der Waals surface area contributed by atoms with Gasteiger partial charge >= 0.3 is 5.97 Å². The van der Waals surface area contributed by atoms with E-state index in [0.29, 0.717) is 36.7 Å². The topological polar surface area (TPSA) is 65.0 Å². The summed E-state index contributed by atoms with van der Waals surface area (Å²) < 4.78 is 16.6. The van der Waals surface area contributed by atoms with Crippen LogP contribution >= 0.6 is 11.8 Å². The molecule has 0 bridgehead atoms. The molecule has 22 heavy (non-hydrogen) atoms. The first-order chi connectivity index (χ1) is 10.7. The second-order valence-electron chi connectivity index (χ2n) is 4.99. The standard InChI is InChI=1S/C16H22O5S/c1-3-7-20-16-13(19-2)9-11(10-14(16)22-8-6-17)12-4-5-15(18)21-12/h9-10,12,17H,3-8H2,1-2H3/t12-/m0/s1. The predicted molar refractivity (Wildman–Crippen MR) is 84.7 cm³/mol. The lowest BCUT2D eigenvalue weighted by Gasteiger charge is -2.18. The molecule has 2 rings (SSSR count). The zero-order valence-electron chi connectivity index (χ0n) is 13.0. The molecule has 0 aromatic heterocycles. The van der Waals surface area contributed by atoms with Crippen LogP contribution in [-0.2, 0) is 9.53 Å². The monoisotopic (exact) mass is 326 g/mol. The minimum absolute atomic E-state index is 0.0862. The largest absolute Gasteiger partial charge is 0.493 e. The van der Waals surface area contributed by atoms with E-state index >= 15 is 0 Å². The van der Waals surface area contributed by atoms with Gasteiger partial charge in [-0.25, -0.2) is 0 Å². The molecule has 1 aliphatic heterocycles. The van der Waals surface area contributed by atoms with Crippen molar-refractivity contribution in [1.82, 2.24) is 0 Å². The van der Waals surface area contributed by atoms with Crippen molar-refractivity contribution in [2.24, 2.45) is 0 Å². The summed E-state index contributed by atoms with van der Waals surface area (Å²) in [6, 6.07) is 3.84. The van der Waals surface area contributed by atoms with Crippen LogP contribution in [0.3, 0.4) is 0 Å². The van der Waals surface area contributed by atoms with E-state index in [1.54, 1.807) is 7.11 Å². The molecule has 5 nitrogen and oxygen atoms in total. The van der Waals surface area contributed by atoms with E-state index in [1.807, 2.05) is 19.1 Å². The molecule has 1 fully saturated rings. The summed E-state index contributed by atoms with van der Waals surface area (Å²) in [7, 11) is 1.60. The van der Waals surface area contributed by atoms with Crippen molar-refractivity contribution in [2.75, 3.05) is 26.1 Å². The quantitative estimate of drug-likeness (QED) is 0.585. The van der Waals surface area contributed by atoms with Crippen LogP contribution in [0.4, 0.5) is 0 Å². The number of carbonyl (C=O) groups excluding carboxylic acids is 1. The molecule has 0 unspecified atom stereocenters. The Hall–Kier alpha value is -1.40. The number of aliphatic hydroxyl groups is 1. The van der Waals surface area contributed by atoms with E-state index in [2.05, 4.69) is 0 Å². The Bertz CT molecular complexity index is 518. The molecule has 0 aliphatic carbocycles. The first-order valence-corrected chi connectivity index (χ1v) is 8.46. The van der Waals surface area contributed by atoms with Crippen LogP contribution in [0.1, 0.15) is 37.9 Å². The minimum Gasteiger partial charge on any atom is -0.493 e. The number of cyclic esters (lactones) is 1. The van der Waals surface area contributed by atoms with Gasteiger partial charge in [-0.05, 0) is 30.5 Å². The third kappa shape index (κ3) is 4.08. The molecule has 0 saturated carbocycles. The number of esters is 1. The van der Waals surface area contributed by atoms with E-state index in [-0.39, 0.29) is 18.7 Å². The van der Waals surface area contributed by atoms with Gasteiger partial charge in [0.2, 0.25) is 0 Å². The number of thioether (sulfide) groups is 1. The van der Waals surface area contributed by atoms with Crippen molar-refractivity contribution < 1.29 is 24.1 Å². The predicted octanol–water partition coefficient (Wildman–Crippen LogP) is 2.95. The minimum atomic E-state index is -0.227. The molecular weight excluding hydrogens is 304 g/mol. The van der Waals surface area contributed by atoms with Crippen molar-refractivity contribution in [3.05, 3.63) is 17.7 Å². The van der Waals surface area contributed by atoms with E-state index in [1.165, 1.54) is 11.8 Å². The number of hydrogen-bond donors (Lipinski definition) is 1. The van der Waals surface area contributed by atoms with Gasteiger partial charge in [-0.1, -0.05) is 6.92 Å². The molecule has 6 heteroatoms. The smallest absolute Gasteiger partial charge is 0.306 e. The third-order valence-electron chi connectivity index (χ3n) is 3.32. The molecule has 1 saturated heterocycles. The van der Waals surface area contributed by atoms with Gasteiger partial charge in [0.15, 0.2) is 11.5 Å². The second-order valence-corrected chi connectivity index (χ2v) is 6.12. The van der Waals surface area contributed by atoms with Gasteiger partial charge in [-0.3, -0.25) is 4.79 Å². The number of benzene rings is 1. The van der Waals surface area contributed by atoms with Crippen LogP contribution in [0.2, 0.25) is 0 Å². The number of ether oxygens (including phenoxy) is 3. The zero-order valence-corrected chi connectivity index (χ0v) is 13.8. The molecule has 1 N–H and O–H groups in total. The van der Waals surface area contributed by atoms with Gasteiger partial charge < -0.3 is 19.3 Å². The molecule has 0 radical (unpaired) electrons. The number of methoxy groups -OCH3 is 1. The van der Waals surface area contributed by atoms with Crippen molar-refractivity contribution in [3.63, 3.8) is 0 Å². The molecule has 122 valence electrons. The number of hydrogen-bond acceptors (Lipinski definition) is 6. The fourth-order valence-electron chi connectivity index (χ4n) is 2.30. The van der Waals surface area contributed by atoms with Crippen LogP contribution < -0.4 is 9.47 Å². The highest BCUT2D eigenvalue weighted by molar-refractivity contribution is 7.99. The summed E-state index contributed by atoms with van der Waals surface area (Å²) in [6.45, 7) is 2.73. The molecule has 1 aromatic rings. The average molecular weight is 326 g/mol. The number of carbonyl (C=O) groups is 1. The molecular formula is C16H22O5S. The van der Waals surface area contributed by atoms with E-state index in [0.717, 1.165) is 16.9 Å². The van der Waals surface area contributed by atoms with Crippen molar-refractivity contribution >= 4 is 17.7 Å².